The summed E-state index contributed by atoms with van der Waals surface area (Å²) in [5.41, 5.74) is 9.23. The van der Waals surface area contributed by atoms with Crippen LogP contribution in [0.5, 0.6) is 0 Å². The molecule has 2 aromatic carbocycles. The number of hydrazine groups is 1. The molecule has 0 saturated carbocycles. The first kappa shape index (κ1) is 33.9. The average Bonchev–Trinajstić information content (AvgIpc) is 2.95. The number of nitrogens with one attached hydrogen (secondary N) is 4. The summed E-state index contributed by atoms with van der Waals surface area (Å²) in [5, 5.41) is 22.0. The third-order valence-electron chi connectivity index (χ3n) is 6.69. The molecule has 0 fully saturated rings. The number of benzene rings is 2. The molecule has 1 heterocycles. The molecule has 44 heavy (non-hydrogen) atoms. The van der Waals surface area contributed by atoms with Crippen molar-refractivity contribution in [3.8, 4) is 0 Å². The second kappa shape index (κ2) is 15.3. The molecule has 0 aliphatic heterocycles. The number of carbonyl (C=O) groups is 4. The van der Waals surface area contributed by atoms with Crippen molar-refractivity contribution >= 4 is 34.7 Å². The molecule has 3 atom stereocenters. The second-order valence-electron chi connectivity index (χ2n) is 12.0. The number of aliphatic hydroxyl groups is 1. The van der Waals surface area contributed by atoms with E-state index < -0.39 is 53.9 Å². The highest BCUT2D eigenvalue weighted by Gasteiger charge is 2.31. The van der Waals surface area contributed by atoms with E-state index in [9.17, 15) is 24.3 Å². The van der Waals surface area contributed by atoms with E-state index in [4.69, 9.17) is 5.73 Å². The third-order valence-corrected chi connectivity index (χ3v) is 6.69. The quantitative estimate of drug-likeness (QED) is 0.161. The van der Waals surface area contributed by atoms with Gasteiger partial charge in [0.1, 0.15) is 11.7 Å². The van der Waals surface area contributed by atoms with E-state index in [0.29, 0.717) is 5.52 Å². The molecule has 0 saturated heterocycles. The maximum atomic E-state index is 13.6. The Morgan fingerprint density at radius 1 is 0.932 bits per heavy atom. The molecule has 0 radical (unpaired) electrons. The molecular weight excluding hydrogens is 562 g/mol. The summed E-state index contributed by atoms with van der Waals surface area (Å²) in [6, 6.07) is 17.0. The van der Waals surface area contributed by atoms with Crippen LogP contribution in [0.1, 0.15) is 57.1 Å². The van der Waals surface area contributed by atoms with Crippen LogP contribution < -0.4 is 27.1 Å². The van der Waals surface area contributed by atoms with Crippen LogP contribution in [0.4, 0.5) is 4.79 Å². The summed E-state index contributed by atoms with van der Waals surface area (Å²) in [5.74, 6) is -2.15. The lowest BCUT2D eigenvalue weighted by molar-refractivity contribution is -0.128. The zero-order valence-electron chi connectivity index (χ0n) is 25.8. The SMILES string of the molecule is CC(C)N(C[C@H](O)[C@H](Cc1ccccc1)NC(=O)[C@H](CC(N)=O)NC(=O)c1ccc2ccccc2n1)NC(=O)NC(C)(C)C. The van der Waals surface area contributed by atoms with Crippen molar-refractivity contribution in [3.05, 3.63) is 78.0 Å². The molecule has 7 N–H and O–H groups in total. The molecule has 5 amide bonds. The smallest absolute Gasteiger partial charge is 0.329 e. The minimum absolute atomic E-state index is 0.0269. The summed E-state index contributed by atoms with van der Waals surface area (Å²) in [4.78, 5) is 55.5. The van der Waals surface area contributed by atoms with Crippen LogP contribution in [0.15, 0.2) is 66.7 Å². The lowest BCUT2D eigenvalue weighted by atomic mass is 9.99. The average molecular weight is 606 g/mol. The number of aliphatic hydroxyl groups excluding tert-OH is 1. The Balaban J connectivity index is 1.80. The van der Waals surface area contributed by atoms with E-state index in [0.717, 1.165) is 10.9 Å². The van der Waals surface area contributed by atoms with Crippen LogP contribution in [0.2, 0.25) is 0 Å². The van der Waals surface area contributed by atoms with E-state index in [1.807, 2.05) is 77.1 Å². The zero-order valence-corrected chi connectivity index (χ0v) is 25.8. The maximum absolute atomic E-state index is 13.6. The van der Waals surface area contributed by atoms with Gasteiger partial charge < -0.3 is 26.8 Å². The minimum Gasteiger partial charge on any atom is -0.390 e. The molecule has 12 heteroatoms. The number of pyridine rings is 1. The summed E-state index contributed by atoms with van der Waals surface area (Å²) < 4.78 is 0. The standard InChI is InChI=1S/C32H43N7O5/c1-20(2)39(38-31(44)37-32(3,4)5)19-27(40)25(17-21-11-7-6-8-12-21)35-30(43)26(18-28(33)41)36-29(42)24-16-15-22-13-9-10-14-23(22)34-24/h6-16,20,25-27,40H,17-19H2,1-5H3,(H2,33,41)(H,35,43)(H,36,42)(H2,37,38,44)/t25-,26-,27-/m0/s1. The predicted octanol–water partition coefficient (Wildman–Crippen LogP) is 2.02. The molecule has 0 bridgehead atoms. The summed E-state index contributed by atoms with van der Waals surface area (Å²) in [6.45, 7) is 9.24. The van der Waals surface area contributed by atoms with Gasteiger partial charge in [0.15, 0.2) is 0 Å². The van der Waals surface area contributed by atoms with Crippen LogP contribution in [0, 0.1) is 0 Å². The number of para-hydroxylation sites is 1. The van der Waals surface area contributed by atoms with Crippen LogP contribution in [-0.4, -0.2) is 75.2 Å². The van der Waals surface area contributed by atoms with Gasteiger partial charge in [-0.15, -0.1) is 0 Å². The normalized spacial score (nSPS) is 13.6. The maximum Gasteiger partial charge on any atom is 0.329 e. The van der Waals surface area contributed by atoms with Gasteiger partial charge in [0.05, 0.1) is 24.1 Å². The van der Waals surface area contributed by atoms with Crippen LogP contribution in [0.3, 0.4) is 0 Å². The topological polar surface area (TPSA) is 179 Å². The highest BCUT2D eigenvalue weighted by Crippen LogP contribution is 2.13. The third kappa shape index (κ3) is 10.6. The molecule has 0 unspecified atom stereocenters. The fourth-order valence-electron chi connectivity index (χ4n) is 4.48. The van der Waals surface area contributed by atoms with Crippen molar-refractivity contribution < 1.29 is 24.3 Å². The Labute approximate surface area is 257 Å². The number of fused-ring (bicyclic) bond motifs is 1. The van der Waals surface area contributed by atoms with E-state index in [1.54, 1.807) is 23.2 Å². The van der Waals surface area contributed by atoms with E-state index >= 15 is 0 Å². The van der Waals surface area contributed by atoms with Gasteiger partial charge in [-0.3, -0.25) is 19.8 Å². The highest BCUT2D eigenvalue weighted by atomic mass is 16.3. The fraction of sp³-hybridized carbons (Fsp3) is 0.406. The van der Waals surface area contributed by atoms with Crippen molar-refractivity contribution in [2.45, 2.75) is 77.2 Å². The Kier molecular flexibility index (Phi) is 11.8. The molecule has 1 aromatic heterocycles. The molecule has 0 aliphatic rings. The van der Waals surface area contributed by atoms with E-state index in [-0.39, 0.29) is 24.7 Å². The molecule has 236 valence electrons. The Morgan fingerprint density at radius 2 is 1.59 bits per heavy atom. The van der Waals surface area contributed by atoms with Crippen LogP contribution >= 0.6 is 0 Å². The number of aromatic nitrogens is 1. The molecule has 3 aromatic rings. The molecular formula is C32H43N7O5. The zero-order chi connectivity index (χ0) is 32.4. The van der Waals surface area contributed by atoms with Gasteiger partial charge in [-0.2, -0.15) is 0 Å². The number of nitrogens with zero attached hydrogens (tertiary/aromatic N) is 2. The number of hydrogen-bond acceptors (Lipinski definition) is 7. The van der Waals surface area contributed by atoms with Gasteiger partial charge in [-0.1, -0.05) is 54.6 Å². The Bertz CT molecular complexity index is 1440. The van der Waals surface area contributed by atoms with Gasteiger partial charge >= 0.3 is 6.03 Å². The number of hydrogen-bond donors (Lipinski definition) is 6. The van der Waals surface area contributed by atoms with Gasteiger partial charge in [-0.25, -0.2) is 14.8 Å². The Morgan fingerprint density at radius 3 is 2.23 bits per heavy atom. The monoisotopic (exact) mass is 605 g/mol. The first-order valence-corrected chi connectivity index (χ1v) is 14.5. The first-order valence-electron chi connectivity index (χ1n) is 14.5. The van der Waals surface area contributed by atoms with Crippen molar-refractivity contribution in [1.82, 2.24) is 31.4 Å². The number of rotatable bonds is 13. The number of urea groups is 1. The predicted molar refractivity (Wildman–Crippen MR) is 168 cm³/mol. The lowest BCUT2D eigenvalue weighted by Gasteiger charge is -2.34. The van der Waals surface area contributed by atoms with Crippen molar-refractivity contribution in [2.24, 2.45) is 5.73 Å². The Hall–Kier alpha value is -4.55. The van der Waals surface area contributed by atoms with Gasteiger partial charge in [-0.05, 0) is 58.7 Å². The minimum atomic E-state index is -1.32. The van der Waals surface area contributed by atoms with Crippen LogP contribution in [0.25, 0.3) is 10.9 Å². The van der Waals surface area contributed by atoms with Gasteiger partial charge in [0.2, 0.25) is 11.8 Å². The number of primary amides is 1. The van der Waals surface area contributed by atoms with E-state index in [2.05, 4.69) is 26.4 Å². The van der Waals surface area contributed by atoms with Crippen LogP contribution in [-0.2, 0) is 16.0 Å². The number of nitrogens with two attached hydrogens (primary N) is 1. The molecule has 0 aliphatic carbocycles. The fourth-order valence-corrected chi connectivity index (χ4v) is 4.48. The molecule has 0 spiro atoms. The summed E-state index contributed by atoms with van der Waals surface area (Å²) in [7, 11) is 0. The van der Waals surface area contributed by atoms with Gasteiger partial charge in [0.25, 0.3) is 5.91 Å². The van der Waals surface area contributed by atoms with Crippen molar-refractivity contribution in [3.63, 3.8) is 0 Å². The molecule has 3 rings (SSSR count). The largest absolute Gasteiger partial charge is 0.390 e. The highest BCUT2D eigenvalue weighted by molar-refractivity contribution is 5.99. The van der Waals surface area contributed by atoms with E-state index in [1.165, 1.54) is 6.07 Å². The second-order valence-corrected chi connectivity index (χ2v) is 12.0. The number of carbonyl (C=O) groups excluding carboxylic acids is 4. The van der Waals surface area contributed by atoms with Gasteiger partial charge in [0, 0.05) is 23.5 Å². The molecule has 12 nitrogen and oxygen atoms in total. The summed E-state index contributed by atoms with van der Waals surface area (Å²) >= 11 is 0. The summed E-state index contributed by atoms with van der Waals surface area (Å²) in [6.07, 6.45) is -1.40. The number of amides is 5. The lowest BCUT2D eigenvalue weighted by Crippen LogP contribution is -2.59. The van der Waals surface area contributed by atoms with Crippen molar-refractivity contribution in [2.75, 3.05) is 6.54 Å². The van der Waals surface area contributed by atoms with Crippen molar-refractivity contribution in [1.29, 1.82) is 0 Å². The first-order chi connectivity index (χ1) is 20.7.